The molecule has 0 saturated carbocycles. The molecule has 1 aliphatic rings. The van der Waals surface area contributed by atoms with Gasteiger partial charge in [0, 0.05) is 40.3 Å². The number of nitrogens with zero attached hydrogens (tertiary/aromatic N) is 3. The molecule has 0 aromatic carbocycles. The number of urea groups is 1. The van der Waals surface area contributed by atoms with Crippen molar-refractivity contribution in [3.63, 3.8) is 0 Å². The number of carbonyl (C=O) groups excluding carboxylic acids is 1. The Hall–Kier alpha value is -0.150. The van der Waals surface area contributed by atoms with Crippen molar-refractivity contribution < 1.29 is 9.08 Å². The van der Waals surface area contributed by atoms with E-state index < -0.39 is 0 Å². The Kier molecular flexibility index (Phi) is 7.16. The fraction of sp³-hybridized carbons (Fsp3) is 0.875. The van der Waals surface area contributed by atoms with Gasteiger partial charge in [-0.25, -0.2) is 19.3 Å². The van der Waals surface area contributed by atoms with Gasteiger partial charge in [-0.3, -0.25) is 0 Å². The van der Waals surface area contributed by atoms with Crippen LogP contribution in [0.2, 0.25) is 0 Å². The van der Waals surface area contributed by atoms with Crippen LogP contribution in [0.4, 0.5) is 4.79 Å². The molecule has 0 aliphatic carbocycles. The third-order valence-corrected chi connectivity index (χ3v) is 3.11. The minimum atomic E-state index is 0. The second-order valence-corrected chi connectivity index (χ2v) is 4.70. The highest BCUT2D eigenvalue weighted by atomic mass is 32.2. The molecule has 0 aromatic heterocycles. The number of rotatable bonds is 3. The molecule has 2 N–H and O–H groups in total. The number of amides is 2. The molecule has 6 nitrogen and oxygen atoms in total. The van der Waals surface area contributed by atoms with Crippen LogP contribution in [0.1, 0.15) is 6.42 Å². The zero-order valence-corrected chi connectivity index (χ0v) is 11.7. The summed E-state index contributed by atoms with van der Waals surface area (Å²) in [6, 6.07) is 0.368. The lowest BCUT2D eigenvalue weighted by molar-refractivity contribution is 0.179. The first kappa shape index (κ1) is 15.9. The van der Waals surface area contributed by atoms with Gasteiger partial charge in [-0.05, 0) is 6.42 Å². The molecular weight excluding hydrogens is 248 g/mol. The maximum absolute atomic E-state index is 11.6. The van der Waals surface area contributed by atoms with Crippen LogP contribution in [0.5, 0.6) is 0 Å². The van der Waals surface area contributed by atoms with E-state index in [0.717, 1.165) is 31.7 Å². The molecule has 0 radical (unpaired) electrons. The van der Waals surface area contributed by atoms with Gasteiger partial charge in [0.2, 0.25) is 0 Å². The van der Waals surface area contributed by atoms with Gasteiger partial charge < -0.3 is 9.80 Å². The number of hydrogen-bond donors (Lipinski definition) is 1. The van der Waals surface area contributed by atoms with E-state index in [1.54, 1.807) is 19.0 Å². The quantitative estimate of drug-likeness (QED) is 0.451. The predicted octanol–water partition coefficient (Wildman–Crippen LogP) is 0.240. The first-order chi connectivity index (χ1) is 7.06. The third-order valence-electron chi connectivity index (χ3n) is 2.49. The molecule has 8 heteroatoms. The molecule has 1 atom stereocenters. The lowest BCUT2D eigenvalue weighted by atomic mass is 10.3. The molecule has 0 bridgehead atoms. The van der Waals surface area contributed by atoms with Gasteiger partial charge in [0.1, 0.15) is 12.2 Å². The average Bonchev–Trinajstić information content (AvgIpc) is 2.65. The summed E-state index contributed by atoms with van der Waals surface area (Å²) in [5.41, 5.74) is 0. The van der Waals surface area contributed by atoms with Crippen LogP contribution in [-0.4, -0.2) is 60.4 Å². The van der Waals surface area contributed by atoms with Gasteiger partial charge in [0.25, 0.3) is 0 Å². The largest absolute Gasteiger partial charge is 0.331 e. The van der Waals surface area contributed by atoms with Gasteiger partial charge in [0.05, 0.1) is 0 Å². The van der Waals surface area contributed by atoms with Crippen LogP contribution < -0.4 is 5.90 Å². The van der Waals surface area contributed by atoms with E-state index in [4.69, 9.17) is 5.90 Å². The molecule has 16 heavy (non-hydrogen) atoms. The van der Waals surface area contributed by atoms with E-state index in [1.807, 2.05) is 16.3 Å². The van der Waals surface area contributed by atoms with E-state index in [0.29, 0.717) is 6.04 Å². The van der Waals surface area contributed by atoms with Crippen molar-refractivity contribution >= 4 is 31.8 Å². The van der Waals surface area contributed by atoms with Crippen LogP contribution in [0, 0.1) is 0 Å². The van der Waals surface area contributed by atoms with Gasteiger partial charge in [-0.1, -0.05) is 0 Å². The standard InChI is InChI=1S/C8H18N4O2S.H2S/c1-10(2)8(13)12-5-4-7(6-12)11(3)15-14-9;/h7H,4-6,9H2,1-3H3;1H2. The second-order valence-electron chi connectivity index (χ2n) is 3.78. The van der Waals surface area contributed by atoms with E-state index in [1.165, 1.54) is 0 Å². The molecule has 1 aliphatic heterocycles. The normalized spacial score (nSPS) is 19.8. The summed E-state index contributed by atoms with van der Waals surface area (Å²) in [5, 5.41) is 0. The number of nitrogens with two attached hydrogens (primary N) is 1. The molecule has 2 amide bonds. The van der Waals surface area contributed by atoms with Gasteiger partial charge in [0.15, 0.2) is 0 Å². The highest BCUT2D eigenvalue weighted by Crippen LogP contribution is 2.20. The zero-order valence-electron chi connectivity index (χ0n) is 9.84. The molecule has 1 rings (SSSR count). The van der Waals surface area contributed by atoms with Crippen LogP contribution >= 0.6 is 25.7 Å². The Bertz CT molecular complexity index is 230. The SMILES string of the molecule is CN(C)C(=O)N1CCC(N(C)SON)C1.S. The van der Waals surface area contributed by atoms with Crippen LogP contribution in [0.3, 0.4) is 0 Å². The minimum Gasteiger partial charge on any atom is -0.331 e. The maximum atomic E-state index is 11.6. The molecule has 1 saturated heterocycles. The van der Waals surface area contributed by atoms with Gasteiger partial charge in [-0.15, -0.1) is 0 Å². The summed E-state index contributed by atoms with van der Waals surface area (Å²) in [4.78, 5) is 15.1. The minimum absolute atomic E-state index is 0. The van der Waals surface area contributed by atoms with Crippen LogP contribution in [0.25, 0.3) is 0 Å². The van der Waals surface area contributed by atoms with E-state index in [-0.39, 0.29) is 19.5 Å². The van der Waals surface area contributed by atoms with E-state index >= 15 is 0 Å². The molecule has 0 aromatic rings. The van der Waals surface area contributed by atoms with E-state index in [9.17, 15) is 4.79 Å². The summed E-state index contributed by atoms with van der Waals surface area (Å²) in [5.74, 6) is 4.97. The smallest absolute Gasteiger partial charge is 0.319 e. The van der Waals surface area contributed by atoms with Crippen molar-refractivity contribution in [1.29, 1.82) is 0 Å². The summed E-state index contributed by atoms with van der Waals surface area (Å²) >= 11 is 1.11. The molecule has 1 fully saturated rings. The number of likely N-dealkylation sites (N-methyl/N-ethyl adjacent to an activating group) is 1. The second kappa shape index (κ2) is 7.23. The fourth-order valence-electron chi connectivity index (χ4n) is 1.62. The lowest BCUT2D eigenvalue weighted by Crippen LogP contribution is -2.39. The number of likely N-dealkylation sites (tertiary alicyclic amines) is 1. The molecule has 0 spiro atoms. The monoisotopic (exact) mass is 268 g/mol. The predicted molar refractivity (Wildman–Crippen MR) is 70.1 cm³/mol. The Labute approximate surface area is 108 Å². The van der Waals surface area contributed by atoms with Crippen LogP contribution in [0.15, 0.2) is 0 Å². The Balaban J connectivity index is 0.00000225. The first-order valence-corrected chi connectivity index (χ1v) is 5.48. The van der Waals surface area contributed by atoms with Crippen molar-refractivity contribution in [1.82, 2.24) is 14.1 Å². The Morgan fingerprint density at radius 3 is 2.62 bits per heavy atom. The molecule has 1 unspecified atom stereocenters. The lowest BCUT2D eigenvalue weighted by Gasteiger charge is -2.23. The van der Waals surface area contributed by atoms with Crippen LogP contribution in [-0.2, 0) is 4.28 Å². The number of carbonyl (C=O) groups is 1. The van der Waals surface area contributed by atoms with Gasteiger partial charge in [-0.2, -0.15) is 13.5 Å². The summed E-state index contributed by atoms with van der Waals surface area (Å²) < 4.78 is 6.42. The average molecular weight is 268 g/mol. The summed E-state index contributed by atoms with van der Waals surface area (Å²) in [7, 11) is 5.43. The summed E-state index contributed by atoms with van der Waals surface area (Å²) in [6.07, 6.45) is 0.951. The van der Waals surface area contributed by atoms with Crippen molar-refractivity contribution in [2.24, 2.45) is 5.90 Å². The van der Waals surface area contributed by atoms with E-state index in [2.05, 4.69) is 4.28 Å². The molecule has 96 valence electrons. The maximum Gasteiger partial charge on any atom is 0.319 e. The number of hydrogen-bond acceptors (Lipinski definition) is 5. The van der Waals surface area contributed by atoms with Crippen molar-refractivity contribution in [2.45, 2.75) is 12.5 Å². The zero-order chi connectivity index (χ0) is 11.4. The highest BCUT2D eigenvalue weighted by molar-refractivity contribution is 7.92. The molecule has 1 heterocycles. The Morgan fingerprint density at radius 2 is 2.12 bits per heavy atom. The summed E-state index contributed by atoms with van der Waals surface area (Å²) in [6.45, 7) is 1.51. The Morgan fingerprint density at radius 1 is 1.50 bits per heavy atom. The van der Waals surface area contributed by atoms with Crippen molar-refractivity contribution in [3.05, 3.63) is 0 Å². The molecular formula is C8H20N4O2S2. The van der Waals surface area contributed by atoms with Gasteiger partial charge >= 0.3 is 6.03 Å². The van der Waals surface area contributed by atoms with Crippen molar-refractivity contribution in [3.8, 4) is 0 Å². The third kappa shape index (κ3) is 4.02. The highest BCUT2D eigenvalue weighted by Gasteiger charge is 2.30. The van der Waals surface area contributed by atoms with Crippen molar-refractivity contribution in [2.75, 3.05) is 34.2 Å². The fourth-order valence-corrected chi connectivity index (χ4v) is 2.05. The topological polar surface area (TPSA) is 62.0 Å². The first-order valence-electron chi connectivity index (χ1n) is 4.79.